The third-order valence-corrected chi connectivity index (χ3v) is 1.39. The van der Waals surface area contributed by atoms with Gasteiger partial charge in [0.2, 0.25) is 0 Å². The van der Waals surface area contributed by atoms with Crippen LogP contribution in [-0.2, 0) is 0 Å². The monoisotopic (exact) mass is 206 g/mol. The van der Waals surface area contributed by atoms with Crippen molar-refractivity contribution in [2.24, 2.45) is 0 Å². The van der Waals surface area contributed by atoms with Gasteiger partial charge in [-0.25, -0.2) is 4.98 Å². The van der Waals surface area contributed by atoms with Crippen molar-refractivity contribution in [2.45, 2.75) is 0 Å². The van der Waals surface area contributed by atoms with Gasteiger partial charge in [-0.1, -0.05) is 0 Å². The first-order chi connectivity index (χ1) is 4.74. The molecule has 0 spiro atoms. The molecule has 3 nitrogen and oxygen atoms in total. The van der Waals surface area contributed by atoms with E-state index in [1.165, 1.54) is 12.3 Å². The van der Waals surface area contributed by atoms with Crippen LogP contribution in [0.25, 0.3) is 0 Å². The molecule has 1 aromatic rings. The van der Waals surface area contributed by atoms with Crippen LogP contribution in [0.3, 0.4) is 0 Å². The molecule has 0 amide bonds. The van der Waals surface area contributed by atoms with Crippen LogP contribution in [0.4, 0.5) is 10.1 Å². The maximum atomic E-state index is 12.4. The van der Waals surface area contributed by atoms with Gasteiger partial charge in [-0.15, -0.1) is 0 Å². The van der Waals surface area contributed by atoms with Gasteiger partial charge in [0, 0.05) is 16.7 Å². The standard InChI is InChI=1S/C5H4BrFN2O/c6-3-1-4(9-10)5(7)8-2-3/h1-2H,9H2. The normalized spacial score (nSPS) is 9.90. The lowest BCUT2D eigenvalue weighted by Gasteiger charge is -2.00. The molecule has 0 aromatic carbocycles. The molecular formula is C5H4BrFN2O. The second kappa shape index (κ2) is 3.05. The molecule has 0 aliphatic carbocycles. The first kappa shape index (κ1) is 7.59. The molecule has 0 atom stereocenters. The first-order valence-electron chi connectivity index (χ1n) is 2.50. The fourth-order valence-corrected chi connectivity index (χ4v) is 0.870. The molecule has 0 aliphatic heterocycles. The zero-order valence-corrected chi connectivity index (χ0v) is 6.43. The van der Waals surface area contributed by atoms with Crippen molar-refractivity contribution in [3.05, 3.63) is 27.9 Å². The lowest BCUT2D eigenvalue weighted by Crippen LogP contribution is -2.70. The second-order valence-electron chi connectivity index (χ2n) is 1.65. The van der Waals surface area contributed by atoms with Crippen LogP contribution in [0.15, 0.2) is 16.7 Å². The van der Waals surface area contributed by atoms with Gasteiger partial charge < -0.3 is 10.7 Å². The minimum atomic E-state index is -0.738. The molecule has 10 heavy (non-hydrogen) atoms. The van der Waals surface area contributed by atoms with Gasteiger partial charge in [-0.05, 0) is 15.9 Å². The van der Waals surface area contributed by atoms with E-state index in [0.717, 1.165) is 0 Å². The second-order valence-corrected chi connectivity index (χ2v) is 2.57. The minimum Gasteiger partial charge on any atom is -0.630 e. The average Bonchev–Trinajstić information content (AvgIpc) is 1.94. The molecular weight excluding hydrogens is 203 g/mol. The van der Waals surface area contributed by atoms with E-state index in [-0.39, 0.29) is 5.69 Å². The molecule has 0 unspecified atom stereocenters. The van der Waals surface area contributed by atoms with Crippen molar-refractivity contribution >= 4 is 21.6 Å². The van der Waals surface area contributed by atoms with Gasteiger partial charge in [-0.3, -0.25) is 0 Å². The predicted octanol–water partition coefficient (Wildman–Crippen LogP) is 0.676. The van der Waals surface area contributed by atoms with Crippen molar-refractivity contribution in [2.75, 3.05) is 0 Å². The fourth-order valence-electron chi connectivity index (χ4n) is 0.521. The van der Waals surface area contributed by atoms with Crippen LogP contribution < -0.4 is 5.48 Å². The number of nitrogens with zero attached hydrogens (tertiary/aromatic N) is 1. The maximum absolute atomic E-state index is 12.4. The van der Waals surface area contributed by atoms with Crippen molar-refractivity contribution in [3.63, 3.8) is 0 Å². The number of aromatic nitrogens is 1. The summed E-state index contributed by atoms with van der Waals surface area (Å²) in [6.07, 6.45) is 1.29. The van der Waals surface area contributed by atoms with E-state index in [0.29, 0.717) is 9.95 Å². The molecule has 1 aromatic heterocycles. The molecule has 2 N–H and O–H groups in total. The number of rotatable bonds is 1. The van der Waals surface area contributed by atoms with E-state index >= 15 is 0 Å². The minimum absolute atomic E-state index is 0.0330. The van der Waals surface area contributed by atoms with E-state index in [1.54, 1.807) is 0 Å². The summed E-state index contributed by atoms with van der Waals surface area (Å²) in [5.74, 6) is -0.738. The Balaban J connectivity index is 3.09. The SMILES string of the molecule is [O-][NH2+]c1cc(Br)cnc1F. The topological polar surface area (TPSA) is 52.6 Å². The van der Waals surface area contributed by atoms with E-state index in [4.69, 9.17) is 0 Å². The van der Waals surface area contributed by atoms with E-state index in [9.17, 15) is 9.60 Å². The van der Waals surface area contributed by atoms with Crippen LogP contribution in [0.5, 0.6) is 0 Å². The molecule has 0 radical (unpaired) electrons. The summed E-state index contributed by atoms with van der Waals surface area (Å²) >= 11 is 3.05. The number of halogens is 2. The van der Waals surface area contributed by atoms with Gasteiger partial charge in [0.25, 0.3) is 5.95 Å². The summed E-state index contributed by atoms with van der Waals surface area (Å²) in [6.45, 7) is 0. The lowest BCUT2D eigenvalue weighted by atomic mass is 10.4. The largest absolute Gasteiger partial charge is 0.630 e. The Hall–Kier alpha value is -0.520. The molecule has 5 heteroatoms. The fraction of sp³-hybridized carbons (Fsp3) is 0. The summed E-state index contributed by atoms with van der Waals surface area (Å²) in [5, 5.41) is 10.1. The summed E-state index contributed by atoms with van der Waals surface area (Å²) in [7, 11) is 0. The third kappa shape index (κ3) is 1.50. The summed E-state index contributed by atoms with van der Waals surface area (Å²) in [6, 6.07) is 1.37. The van der Waals surface area contributed by atoms with Crippen LogP contribution in [0.2, 0.25) is 0 Å². The Morgan fingerprint density at radius 3 is 2.90 bits per heavy atom. The molecule has 54 valence electrons. The van der Waals surface area contributed by atoms with Gasteiger partial charge in [0.1, 0.15) is 0 Å². The average molecular weight is 207 g/mol. The van der Waals surface area contributed by atoms with Crippen molar-refractivity contribution in [1.29, 1.82) is 0 Å². The van der Waals surface area contributed by atoms with Gasteiger partial charge in [0.05, 0.1) is 0 Å². The number of hydrogen-bond donors (Lipinski definition) is 1. The highest BCUT2D eigenvalue weighted by Gasteiger charge is 2.02. The molecule has 0 saturated carbocycles. The Labute approximate surface area is 65.0 Å². The Kier molecular flexibility index (Phi) is 2.31. The Morgan fingerprint density at radius 2 is 2.40 bits per heavy atom. The molecule has 1 heterocycles. The highest BCUT2D eigenvalue weighted by atomic mass is 79.9. The zero-order valence-electron chi connectivity index (χ0n) is 4.84. The first-order valence-corrected chi connectivity index (χ1v) is 3.29. The number of nitrogens with two attached hydrogens (primary N) is 1. The summed E-state index contributed by atoms with van der Waals surface area (Å²) < 4.78 is 13.0. The highest BCUT2D eigenvalue weighted by Crippen LogP contribution is 2.12. The molecule has 0 saturated heterocycles. The van der Waals surface area contributed by atoms with E-state index < -0.39 is 5.95 Å². The number of quaternary nitrogens is 1. The Morgan fingerprint density at radius 1 is 1.70 bits per heavy atom. The third-order valence-electron chi connectivity index (χ3n) is 0.960. The van der Waals surface area contributed by atoms with Gasteiger partial charge in [0.15, 0.2) is 5.69 Å². The number of pyridine rings is 1. The molecule has 0 aliphatic rings. The molecule has 0 bridgehead atoms. The van der Waals surface area contributed by atoms with Crippen LogP contribution in [0.1, 0.15) is 0 Å². The van der Waals surface area contributed by atoms with Gasteiger partial charge >= 0.3 is 0 Å². The predicted molar refractivity (Wildman–Crippen MR) is 36.8 cm³/mol. The maximum Gasteiger partial charge on any atom is 0.274 e. The van der Waals surface area contributed by atoms with Crippen LogP contribution >= 0.6 is 15.9 Å². The highest BCUT2D eigenvalue weighted by molar-refractivity contribution is 9.10. The van der Waals surface area contributed by atoms with Crippen LogP contribution in [0, 0.1) is 11.2 Å². The Bertz CT molecular complexity index is 243. The lowest BCUT2D eigenvalue weighted by molar-refractivity contribution is -0.499. The van der Waals surface area contributed by atoms with Crippen molar-refractivity contribution < 1.29 is 9.87 Å². The van der Waals surface area contributed by atoms with Gasteiger partial charge in [-0.2, -0.15) is 4.39 Å². The van der Waals surface area contributed by atoms with Crippen molar-refractivity contribution in [3.8, 4) is 0 Å². The van der Waals surface area contributed by atoms with Crippen LogP contribution in [-0.4, -0.2) is 4.98 Å². The number of hydrogen-bond acceptors (Lipinski definition) is 2. The summed E-state index contributed by atoms with van der Waals surface area (Å²) in [5.41, 5.74) is 0.391. The van der Waals surface area contributed by atoms with Crippen molar-refractivity contribution in [1.82, 2.24) is 4.98 Å². The van der Waals surface area contributed by atoms with E-state index in [1.807, 2.05) is 0 Å². The molecule has 0 fully saturated rings. The van der Waals surface area contributed by atoms with E-state index in [2.05, 4.69) is 20.9 Å². The smallest absolute Gasteiger partial charge is 0.274 e. The zero-order chi connectivity index (χ0) is 7.56. The quantitative estimate of drug-likeness (QED) is 0.543. The molecule has 1 rings (SSSR count). The summed E-state index contributed by atoms with van der Waals surface area (Å²) in [4.78, 5) is 3.30.